The smallest absolute Gasteiger partial charge is 0.321 e. The second kappa shape index (κ2) is 13.8. The number of carbonyl (C=O) groups is 2. The fraction of sp³-hybridized carbons (Fsp3) is 0.282. The number of nitrogens with one attached hydrogen (secondary N) is 1. The maximum Gasteiger partial charge on any atom is 0.321 e. The van der Waals surface area contributed by atoms with Gasteiger partial charge < -0.3 is 29.5 Å². The van der Waals surface area contributed by atoms with Gasteiger partial charge in [0.25, 0.3) is 5.91 Å². The quantitative estimate of drug-likeness (QED) is 0.211. The van der Waals surface area contributed by atoms with Gasteiger partial charge in [0.05, 0.1) is 25.4 Å². The van der Waals surface area contributed by atoms with Crippen LogP contribution in [0.1, 0.15) is 29.9 Å². The van der Waals surface area contributed by atoms with Gasteiger partial charge in [0.15, 0.2) is 0 Å². The standard InChI is InChI=1S/C39H42N4O4/c1-26-22-43(27(2)24-44)38(45)37-36(33-16-10-11-17-34(33)42(37)4)32-15-9-8-14-30(32)25-47-35(26)23-41(3)39(46)40-31-20-18-29(19-21-31)28-12-6-5-7-13-28/h5-21,26-27,35,44H,22-25H2,1-4H3,(H,40,46)/t26-,27+,35+/m0/s1. The van der Waals surface area contributed by atoms with E-state index in [1.54, 1.807) is 16.8 Å². The van der Waals surface area contributed by atoms with Gasteiger partial charge in [-0.2, -0.15) is 0 Å². The lowest BCUT2D eigenvalue weighted by molar-refractivity contribution is -0.0179. The SMILES string of the molecule is C[C@H](CO)N1C[C@H](C)[C@@H](CN(C)C(=O)Nc2ccc(-c3ccccc3)cc2)OCc2ccccc2-c2c(n(C)c3ccccc23)C1=O. The predicted octanol–water partition coefficient (Wildman–Crippen LogP) is 7.03. The van der Waals surface area contributed by atoms with E-state index in [1.165, 1.54) is 0 Å². The van der Waals surface area contributed by atoms with E-state index in [4.69, 9.17) is 4.74 Å². The van der Waals surface area contributed by atoms with Gasteiger partial charge in [-0.3, -0.25) is 4.79 Å². The molecule has 242 valence electrons. The Labute approximate surface area is 276 Å². The summed E-state index contributed by atoms with van der Waals surface area (Å²) in [5, 5.41) is 14.3. The first-order chi connectivity index (χ1) is 22.8. The predicted molar refractivity (Wildman–Crippen MR) is 187 cm³/mol. The largest absolute Gasteiger partial charge is 0.394 e. The van der Waals surface area contributed by atoms with Crippen molar-refractivity contribution in [1.29, 1.82) is 0 Å². The normalized spacial score (nSPS) is 17.4. The first-order valence-electron chi connectivity index (χ1n) is 16.1. The molecule has 5 aromatic rings. The molecule has 1 aliphatic heterocycles. The summed E-state index contributed by atoms with van der Waals surface area (Å²) < 4.78 is 8.62. The Morgan fingerprint density at radius 1 is 0.957 bits per heavy atom. The molecule has 0 radical (unpaired) electrons. The number of aliphatic hydroxyl groups is 1. The van der Waals surface area contributed by atoms with Crippen molar-refractivity contribution >= 4 is 28.5 Å². The molecule has 0 bridgehead atoms. The molecule has 6 rings (SSSR count). The number of hydrogen-bond donors (Lipinski definition) is 2. The maximum atomic E-state index is 14.5. The molecule has 0 spiro atoms. The molecule has 4 aromatic carbocycles. The third-order valence-corrected chi connectivity index (χ3v) is 9.27. The van der Waals surface area contributed by atoms with E-state index in [0.717, 1.165) is 38.7 Å². The number of carbonyl (C=O) groups excluding carboxylic acids is 2. The number of likely N-dealkylation sites (N-methyl/N-ethyl adjacent to an activating group) is 1. The number of amides is 3. The molecule has 1 aliphatic rings. The molecular weight excluding hydrogens is 588 g/mol. The summed E-state index contributed by atoms with van der Waals surface area (Å²) in [5.41, 5.74) is 7.19. The number of nitrogens with zero attached hydrogens (tertiary/aromatic N) is 3. The van der Waals surface area contributed by atoms with E-state index in [0.29, 0.717) is 31.1 Å². The van der Waals surface area contributed by atoms with Crippen LogP contribution in [0.3, 0.4) is 0 Å². The van der Waals surface area contributed by atoms with Crippen LogP contribution in [-0.2, 0) is 18.4 Å². The van der Waals surface area contributed by atoms with Gasteiger partial charge in [-0.1, -0.05) is 91.9 Å². The van der Waals surface area contributed by atoms with Crippen LogP contribution in [0.15, 0.2) is 103 Å². The molecule has 47 heavy (non-hydrogen) atoms. The van der Waals surface area contributed by atoms with Crippen molar-refractivity contribution in [1.82, 2.24) is 14.4 Å². The second-order valence-corrected chi connectivity index (χ2v) is 12.5. The topological polar surface area (TPSA) is 87.0 Å². The molecule has 8 nitrogen and oxygen atoms in total. The van der Waals surface area contributed by atoms with Crippen molar-refractivity contribution in [2.24, 2.45) is 13.0 Å². The van der Waals surface area contributed by atoms with Crippen LogP contribution in [0, 0.1) is 5.92 Å². The lowest BCUT2D eigenvalue weighted by Gasteiger charge is -2.35. The van der Waals surface area contributed by atoms with Gasteiger partial charge in [0.2, 0.25) is 0 Å². The van der Waals surface area contributed by atoms with Crippen LogP contribution in [0.4, 0.5) is 10.5 Å². The molecule has 2 N–H and O–H groups in total. The second-order valence-electron chi connectivity index (χ2n) is 12.5. The Hall–Kier alpha value is -4.92. The fourth-order valence-electron chi connectivity index (χ4n) is 6.47. The summed E-state index contributed by atoms with van der Waals surface area (Å²) in [5.74, 6) is -0.302. The average Bonchev–Trinajstić information content (AvgIpc) is 3.39. The zero-order chi connectivity index (χ0) is 33.1. The molecule has 0 saturated heterocycles. The third kappa shape index (κ3) is 6.52. The molecule has 8 heteroatoms. The number of urea groups is 1. The van der Waals surface area contributed by atoms with Gasteiger partial charge in [-0.15, -0.1) is 0 Å². The Morgan fingerprint density at radius 2 is 1.62 bits per heavy atom. The highest BCUT2D eigenvalue weighted by Crippen LogP contribution is 2.38. The van der Waals surface area contributed by atoms with Crippen LogP contribution >= 0.6 is 0 Å². The van der Waals surface area contributed by atoms with Crippen molar-refractivity contribution in [3.63, 3.8) is 0 Å². The maximum absolute atomic E-state index is 14.5. The van der Waals surface area contributed by atoms with Crippen molar-refractivity contribution in [3.05, 3.63) is 114 Å². The molecule has 0 aliphatic carbocycles. The summed E-state index contributed by atoms with van der Waals surface area (Å²) in [6, 6.07) is 33.3. The van der Waals surface area contributed by atoms with Gasteiger partial charge in [0.1, 0.15) is 5.69 Å². The minimum Gasteiger partial charge on any atom is -0.394 e. The Balaban J connectivity index is 1.29. The minimum absolute atomic E-state index is 0.146. The number of ether oxygens (including phenoxy) is 1. The van der Waals surface area contributed by atoms with Crippen molar-refractivity contribution in [2.75, 3.05) is 32.1 Å². The Bertz CT molecular complexity index is 1870. The Morgan fingerprint density at radius 3 is 2.36 bits per heavy atom. The molecular formula is C39H42N4O4. The van der Waals surface area contributed by atoms with E-state index in [9.17, 15) is 14.7 Å². The van der Waals surface area contributed by atoms with Crippen molar-refractivity contribution < 1.29 is 19.4 Å². The fourth-order valence-corrected chi connectivity index (χ4v) is 6.47. The molecule has 0 fully saturated rings. The van der Waals surface area contributed by atoms with E-state index in [1.807, 2.05) is 116 Å². The van der Waals surface area contributed by atoms with Gasteiger partial charge in [-0.05, 0) is 47.4 Å². The lowest BCUT2D eigenvalue weighted by Crippen LogP contribution is -2.48. The summed E-state index contributed by atoms with van der Waals surface area (Å²) in [7, 11) is 3.68. The number of para-hydroxylation sites is 1. The van der Waals surface area contributed by atoms with Crippen molar-refractivity contribution in [2.45, 2.75) is 32.6 Å². The molecule has 3 amide bonds. The van der Waals surface area contributed by atoms with E-state index in [-0.39, 0.29) is 24.5 Å². The van der Waals surface area contributed by atoms with Crippen LogP contribution in [0.2, 0.25) is 0 Å². The average molecular weight is 631 g/mol. The van der Waals surface area contributed by atoms with E-state index in [2.05, 4.69) is 17.4 Å². The van der Waals surface area contributed by atoms with Crippen LogP contribution < -0.4 is 5.32 Å². The third-order valence-electron chi connectivity index (χ3n) is 9.27. The first kappa shape index (κ1) is 32.0. The molecule has 3 atom stereocenters. The molecule has 1 aromatic heterocycles. The number of aromatic nitrogens is 1. The molecule has 2 heterocycles. The zero-order valence-corrected chi connectivity index (χ0v) is 27.4. The number of hydrogen-bond acceptors (Lipinski definition) is 4. The van der Waals surface area contributed by atoms with Crippen LogP contribution in [0.5, 0.6) is 0 Å². The highest BCUT2D eigenvalue weighted by Gasteiger charge is 2.34. The summed E-state index contributed by atoms with van der Waals surface area (Å²) >= 11 is 0. The van der Waals surface area contributed by atoms with E-state index >= 15 is 0 Å². The summed E-state index contributed by atoms with van der Waals surface area (Å²) in [6.07, 6.45) is -0.390. The monoisotopic (exact) mass is 630 g/mol. The number of anilines is 1. The highest BCUT2D eigenvalue weighted by molar-refractivity contribution is 6.10. The Kier molecular flexibility index (Phi) is 9.43. The van der Waals surface area contributed by atoms with Gasteiger partial charge >= 0.3 is 6.03 Å². The van der Waals surface area contributed by atoms with E-state index < -0.39 is 12.1 Å². The first-order valence-corrected chi connectivity index (χ1v) is 16.1. The van der Waals surface area contributed by atoms with Crippen LogP contribution in [-0.4, -0.2) is 70.3 Å². The molecule has 0 saturated carbocycles. The number of aryl methyl sites for hydroxylation is 1. The molecule has 0 unspecified atom stereocenters. The van der Waals surface area contributed by atoms with Gasteiger partial charge in [-0.25, -0.2) is 4.79 Å². The highest BCUT2D eigenvalue weighted by atomic mass is 16.5. The number of aliphatic hydroxyl groups excluding tert-OH is 1. The minimum atomic E-state index is -0.424. The zero-order valence-electron chi connectivity index (χ0n) is 27.4. The lowest BCUT2D eigenvalue weighted by atomic mass is 9.96. The number of rotatable bonds is 6. The van der Waals surface area contributed by atoms with Gasteiger partial charge in [0, 0.05) is 55.3 Å². The number of benzene rings is 4. The van der Waals surface area contributed by atoms with Crippen molar-refractivity contribution in [3.8, 4) is 22.3 Å². The summed E-state index contributed by atoms with van der Waals surface area (Å²) in [6.45, 7) is 4.69. The number of fused-ring (bicyclic) bond motifs is 5. The summed E-state index contributed by atoms with van der Waals surface area (Å²) in [4.78, 5) is 31.3. The van der Waals surface area contributed by atoms with Crippen LogP contribution in [0.25, 0.3) is 33.2 Å².